The Bertz CT molecular complexity index is 615. The zero-order valence-corrected chi connectivity index (χ0v) is 9.79. The molecule has 0 radical (unpaired) electrons. The van der Waals surface area contributed by atoms with Crippen LogP contribution in [0.3, 0.4) is 0 Å². The maximum Gasteiger partial charge on any atom is 0.311 e. The third-order valence-electron chi connectivity index (χ3n) is 1.84. The molecule has 0 aliphatic rings. The summed E-state index contributed by atoms with van der Waals surface area (Å²) >= 11 is 2.99. The first-order valence-electron chi connectivity index (χ1n) is 4.44. The molecule has 2 aromatic rings. The van der Waals surface area contributed by atoms with Crippen molar-refractivity contribution in [3.05, 3.63) is 51.0 Å². The number of halogens is 3. The Morgan fingerprint density at radius 3 is 2.82 bits per heavy atom. The number of ether oxygens (including phenoxy) is 1. The van der Waals surface area contributed by atoms with E-state index in [1.165, 1.54) is 18.5 Å². The maximum atomic E-state index is 13.3. The molecule has 1 aromatic carbocycles. The fourth-order valence-electron chi connectivity index (χ4n) is 1.12. The van der Waals surface area contributed by atoms with Crippen LogP contribution in [0.4, 0.5) is 8.78 Å². The number of H-pyrrole nitrogens is 1. The van der Waals surface area contributed by atoms with Gasteiger partial charge in [-0.2, -0.15) is 4.39 Å². The van der Waals surface area contributed by atoms with E-state index in [0.29, 0.717) is 4.47 Å². The lowest BCUT2D eigenvalue weighted by Gasteiger charge is -2.05. The van der Waals surface area contributed by atoms with E-state index >= 15 is 0 Å². The van der Waals surface area contributed by atoms with Crippen molar-refractivity contribution in [2.24, 2.45) is 0 Å². The maximum absolute atomic E-state index is 13.3. The highest BCUT2D eigenvalue weighted by atomic mass is 79.9. The van der Waals surface area contributed by atoms with Gasteiger partial charge in [-0.3, -0.25) is 4.79 Å². The number of hydrogen-bond donors (Lipinski definition) is 1. The molecule has 1 heterocycles. The van der Waals surface area contributed by atoms with Crippen LogP contribution in [-0.2, 0) is 0 Å². The Hall–Kier alpha value is -1.76. The van der Waals surface area contributed by atoms with E-state index in [2.05, 4.69) is 25.9 Å². The summed E-state index contributed by atoms with van der Waals surface area (Å²) in [6, 6.07) is 2.15. The van der Waals surface area contributed by atoms with Gasteiger partial charge in [0, 0.05) is 16.9 Å². The van der Waals surface area contributed by atoms with Gasteiger partial charge < -0.3 is 9.72 Å². The predicted octanol–water partition coefficient (Wildman–Crippen LogP) is 2.60. The fourth-order valence-corrected chi connectivity index (χ4v) is 1.53. The topological polar surface area (TPSA) is 55.0 Å². The molecule has 0 amide bonds. The van der Waals surface area contributed by atoms with Crippen LogP contribution in [0.2, 0.25) is 0 Å². The van der Waals surface area contributed by atoms with Crippen LogP contribution < -0.4 is 10.3 Å². The minimum Gasteiger partial charge on any atom is -0.431 e. The summed E-state index contributed by atoms with van der Waals surface area (Å²) in [6.07, 6.45) is 2.57. The number of benzene rings is 1. The largest absolute Gasteiger partial charge is 0.431 e. The van der Waals surface area contributed by atoms with Gasteiger partial charge >= 0.3 is 5.56 Å². The smallest absolute Gasteiger partial charge is 0.311 e. The summed E-state index contributed by atoms with van der Waals surface area (Å²) in [7, 11) is 0. The van der Waals surface area contributed by atoms with Gasteiger partial charge in [-0.15, -0.1) is 0 Å². The van der Waals surface area contributed by atoms with E-state index in [0.717, 1.165) is 6.07 Å². The molecule has 1 aromatic heterocycles. The van der Waals surface area contributed by atoms with E-state index in [1.807, 2.05) is 0 Å². The Morgan fingerprint density at radius 2 is 2.12 bits per heavy atom. The zero-order chi connectivity index (χ0) is 12.4. The lowest BCUT2D eigenvalue weighted by Crippen LogP contribution is -2.10. The fraction of sp³-hybridized carbons (Fsp3) is 0. The summed E-state index contributed by atoms with van der Waals surface area (Å²) < 4.78 is 31.6. The van der Waals surface area contributed by atoms with Crippen LogP contribution in [0.25, 0.3) is 0 Å². The third kappa shape index (κ3) is 2.50. The highest BCUT2D eigenvalue weighted by Gasteiger charge is 2.14. The van der Waals surface area contributed by atoms with Crippen molar-refractivity contribution in [3.8, 4) is 11.6 Å². The first kappa shape index (κ1) is 11.7. The second-order valence-electron chi connectivity index (χ2n) is 3.03. The normalized spacial score (nSPS) is 10.3. The van der Waals surface area contributed by atoms with E-state index in [1.54, 1.807) is 0 Å². The van der Waals surface area contributed by atoms with Crippen molar-refractivity contribution in [3.63, 3.8) is 0 Å². The summed E-state index contributed by atoms with van der Waals surface area (Å²) in [5.74, 6) is -3.04. The molecule has 0 aliphatic heterocycles. The molecule has 88 valence electrons. The SMILES string of the molecule is O=c1[nH]ccnc1Oc1cc(Br)cc(F)c1F. The van der Waals surface area contributed by atoms with Gasteiger partial charge in [0.25, 0.3) is 5.88 Å². The van der Waals surface area contributed by atoms with E-state index in [-0.39, 0.29) is 5.88 Å². The van der Waals surface area contributed by atoms with E-state index in [4.69, 9.17) is 4.74 Å². The number of hydrogen-bond acceptors (Lipinski definition) is 3. The number of rotatable bonds is 2. The van der Waals surface area contributed by atoms with E-state index in [9.17, 15) is 13.6 Å². The number of aromatic nitrogens is 2. The molecular weight excluding hydrogens is 298 g/mol. The summed E-state index contributed by atoms with van der Waals surface area (Å²) in [5, 5.41) is 0. The lowest BCUT2D eigenvalue weighted by atomic mass is 10.3. The lowest BCUT2D eigenvalue weighted by molar-refractivity contribution is 0.400. The van der Waals surface area contributed by atoms with Crippen LogP contribution >= 0.6 is 15.9 Å². The van der Waals surface area contributed by atoms with Crippen LogP contribution in [-0.4, -0.2) is 9.97 Å². The number of nitrogens with one attached hydrogen (secondary N) is 1. The van der Waals surface area contributed by atoms with Crippen molar-refractivity contribution in [2.75, 3.05) is 0 Å². The molecule has 7 heteroatoms. The number of aromatic amines is 1. The molecular formula is C10H5BrF2N2O2. The molecule has 0 bridgehead atoms. The van der Waals surface area contributed by atoms with Gasteiger partial charge in [0.1, 0.15) is 0 Å². The molecule has 0 aliphatic carbocycles. The molecule has 0 spiro atoms. The summed E-state index contributed by atoms with van der Waals surface area (Å²) in [5.41, 5.74) is -0.632. The van der Waals surface area contributed by atoms with Gasteiger partial charge in [0.05, 0.1) is 0 Å². The van der Waals surface area contributed by atoms with Gasteiger partial charge in [0.15, 0.2) is 11.6 Å². The van der Waals surface area contributed by atoms with Crippen LogP contribution in [0.15, 0.2) is 33.8 Å². The number of nitrogens with zero attached hydrogens (tertiary/aromatic N) is 1. The van der Waals surface area contributed by atoms with Gasteiger partial charge in [-0.25, -0.2) is 9.37 Å². The van der Waals surface area contributed by atoms with Crippen molar-refractivity contribution in [2.45, 2.75) is 0 Å². The van der Waals surface area contributed by atoms with Crippen LogP contribution in [0.5, 0.6) is 11.6 Å². The summed E-state index contributed by atoms with van der Waals surface area (Å²) in [6.45, 7) is 0. The zero-order valence-electron chi connectivity index (χ0n) is 8.21. The predicted molar refractivity (Wildman–Crippen MR) is 59.0 cm³/mol. The van der Waals surface area contributed by atoms with Gasteiger partial charge in [-0.05, 0) is 12.1 Å². The molecule has 0 fully saturated rings. The molecule has 0 unspecified atom stereocenters. The Kier molecular flexibility index (Phi) is 3.19. The van der Waals surface area contributed by atoms with Crippen molar-refractivity contribution in [1.82, 2.24) is 9.97 Å². The third-order valence-corrected chi connectivity index (χ3v) is 2.30. The average Bonchev–Trinajstić information content (AvgIpc) is 2.28. The van der Waals surface area contributed by atoms with Crippen LogP contribution in [0, 0.1) is 11.6 Å². The molecule has 0 saturated heterocycles. The first-order chi connectivity index (χ1) is 8.08. The Morgan fingerprint density at radius 1 is 1.35 bits per heavy atom. The van der Waals surface area contributed by atoms with E-state index < -0.39 is 22.9 Å². The van der Waals surface area contributed by atoms with Crippen molar-refractivity contribution in [1.29, 1.82) is 0 Å². The summed E-state index contributed by atoms with van der Waals surface area (Å²) in [4.78, 5) is 17.1. The monoisotopic (exact) mass is 302 g/mol. The Labute approximate surface area is 102 Å². The standard InChI is InChI=1S/C10H5BrF2N2O2/c11-5-3-6(12)8(13)7(4-5)17-10-9(16)14-1-2-15-10/h1-4H,(H,14,16). The minimum absolute atomic E-state index is 0.291. The van der Waals surface area contributed by atoms with Crippen molar-refractivity contribution < 1.29 is 13.5 Å². The second kappa shape index (κ2) is 4.62. The molecule has 2 rings (SSSR count). The van der Waals surface area contributed by atoms with Crippen molar-refractivity contribution >= 4 is 15.9 Å². The molecule has 0 saturated carbocycles. The second-order valence-corrected chi connectivity index (χ2v) is 3.94. The Balaban J connectivity index is 2.44. The molecule has 0 atom stereocenters. The van der Waals surface area contributed by atoms with Crippen LogP contribution in [0.1, 0.15) is 0 Å². The van der Waals surface area contributed by atoms with Gasteiger partial charge in [0.2, 0.25) is 5.82 Å². The minimum atomic E-state index is -1.18. The highest BCUT2D eigenvalue weighted by molar-refractivity contribution is 9.10. The van der Waals surface area contributed by atoms with Gasteiger partial charge in [-0.1, -0.05) is 15.9 Å². The quantitative estimate of drug-likeness (QED) is 0.868. The molecule has 1 N–H and O–H groups in total. The highest BCUT2D eigenvalue weighted by Crippen LogP contribution is 2.27. The molecule has 17 heavy (non-hydrogen) atoms. The molecule has 4 nitrogen and oxygen atoms in total. The average molecular weight is 303 g/mol. The first-order valence-corrected chi connectivity index (χ1v) is 5.23.